The predicted molar refractivity (Wildman–Crippen MR) is 114 cm³/mol. The summed E-state index contributed by atoms with van der Waals surface area (Å²) in [5.74, 6) is 1.69. The van der Waals surface area contributed by atoms with Gasteiger partial charge in [0.05, 0.1) is 19.3 Å². The van der Waals surface area contributed by atoms with E-state index in [9.17, 15) is 0 Å². The zero-order chi connectivity index (χ0) is 17.9. The van der Waals surface area contributed by atoms with Gasteiger partial charge in [-0.3, -0.25) is 0 Å². The number of rotatable bonds is 5. The molecule has 0 saturated heterocycles. The van der Waals surface area contributed by atoms with Crippen molar-refractivity contribution in [1.82, 2.24) is 5.32 Å². The van der Waals surface area contributed by atoms with E-state index in [-0.39, 0.29) is 18.4 Å². The first kappa shape index (κ1) is 19.5. The molecule has 1 unspecified atom stereocenters. The highest BCUT2D eigenvalue weighted by Gasteiger charge is 2.24. The van der Waals surface area contributed by atoms with Gasteiger partial charge >= 0.3 is 0 Å². The summed E-state index contributed by atoms with van der Waals surface area (Å²) in [6, 6.07) is 19.7. The highest BCUT2D eigenvalue weighted by molar-refractivity contribution is 5.85. The second-order valence-electron chi connectivity index (χ2n) is 6.61. The van der Waals surface area contributed by atoms with Crippen molar-refractivity contribution in [3.8, 4) is 11.5 Å². The molecule has 3 aromatic rings. The van der Waals surface area contributed by atoms with Crippen LogP contribution in [0.25, 0.3) is 10.8 Å². The van der Waals surface area contributed by atoms with Crippen LogP contribution in [0.4, 0.5) is 0 Å². The number of benzene rings is 3. The van der Waals surface area contributed by atoms with Crippen molar-refractivity contribution in [3.05, 3.63) is 71.3 Å². The Morgan fingerprint density at radius 1 is 0.889 bits per heavy atom. The predicted octanol–water partition coefficient (Wildman–Crippen LogP) is 5.29. The molecule has 0 aliphatic carbocycles. The summed E-state index contributed by atoms with van der Waals surface area (Å²) in [5, 5.41) is 6.23. The molecule has 0 aromatic heterocycles. The minimum absolute atomic E-state index is 0. The molecule has 3 nitrogen and oxygen atoms in total. The average molecular weight is 384 g/mol. The van der Waals surface area contributed by atoms with Gasteiger partial charge in [-0.05, 0) is 65.9 Å². The summed E-state index contributed by atoms with van der Waals surface area (Å²) in [6.45, 7) is 6.25. The molecule has 1 aliphatic heterocycles. The van der Waals surface area contributed by atoms with E-state index < -0.39 is 0 Å². The maximum Gasteiger partial charge on any atom is 0.161 e. The Bertz CT molecular complexity index is 925. The van der Waals surface area contributed by atoms with Gasteiger partial charge in [0.2, 0.25) is 0 Å². The summed E-state index contributed by atoms with van der Waals surface area (Å²) in [6.07, 6.45) is 1.01. The SMILES string of the molecule is CCOc1cc2c(cc1OCC)C(c1ccc3ccccc3c1)NCC2.Cl. The van der Waals surface area contributed by atoms with Crippen LogP contribution in [0.5, 0.6) is 11.5 Å². The Balaban J connectivity index is 0.00000210. The largest absolute Gasteiger partial charge is 0.490 e. The van der Waals surface area contributed by atoms with Gasteiger partial charge in [0.25, 0.3) is 0 Å². The van der Waals surface area contributed by atoms with Crippen molar-refractivity contribution in [2.24, 2.45) is 0 Å². The molecule has 1 aliphatic rings. The lowest BCUT2D eigenvalue weighted by atomic mass is 9.88. The van der Waals surface area contributed by atoms with E-state index in [0.717, 1.165) is 24.5 Å². The molecule has 0 bridgehead atoms. The van der Waals surface area contributed by atoms with E-state index in [1.807, 2.05) is 13.8 Å². The molecule has 0 spiro atoms. The normalized spacial score (nSPS) is 15.7. The van der Waals surface area contributed by atoms with E-state index >= 15 is 0 Å². The molecule has 3 aromatic carbocycles. The Hall–Kier alpha value is -2.23. The van der Waals surface area contributed by atoms with Crippen molar-refractivity contribution >= 4 is 23.2 Å². The smallest absolute Gasteiger partial charge is 0.161 e. The molecule has 27 heavy (non-hydrogen) atoms. The minimum Gasteiger partial charge on any atom is -0.490 e. The third-order valence-corrected chi connectivity index (χ3v) is 4.97. The number of hydrogen-bond donors (Lipinski definition) is 1. The summed E-state index contributed by atoms with van der Waals surface area (Å²) in [5.41, 5.74) is 3.92. The van der Waals surface area contributed by atoms with Crippen LogP contribution in [0.2, 0.25) is 0 Å². The van der Waals surface area contributed by atoms with Crippen molar-refractivity contribution in [2.75, 3.05) is 19.8 Å². The Labute approximate surface area is 167 Å². The lowest BCUT2D eigenvalue weighted by Gasteiger charge is -2.29. The fraction of sp³-hybridized carbons (Fsp3) is 0.304. The van der Waals surface area contributed by atoms with Gasteiger partial charge in [-0.25, -0.2) is 0 Å². The Morgan fingerprint density at radius 3 is 2.33 bits per heavy atom. The maximum atomic E-state index is 5.86. The molecule has 0 saturated carbocycles. The average Bonchev–Trinajstić information content (AvgIpc) is 2.68. The van der Waals surface area contributed by atoms with Gasteiger partial charge in [-0.1, -0.05) is 36.4 Å². The first-order valence-corrected chi connectivity index (χ1v) is 9.44. The first-order valence-electron chi connectivity index (χ1n) is 9.44. The van der Waals surface area contributed by atoms with Crippen LogP contribution in [0.3, 0.4) is 0 Å². The molecule has 0 amide bonds. The summed E-state index contributed by atoms with van der Waals surface area (Å²) < 4.78 is 11.7. The molecule has 1 atom stereocenters. The standard InChI is InChI=1S/C23H25NO2.ClH/c1-3-25-21-14-18-11-12-24-23(20(18)15-22(21)26-4-2)19-10-9-16-7-5-6-8-17(16)13-19;/h5-10,13-15,23-24H,3-4,11-12H2,1-2H3;1H. The number of hydrogen-bond acceptors (Lipinski definition) is 3. The summed E-state index contributed by atoms with van der Waals surface area (Å²) in [7, 11) is 0. The lowest BCUT2D eigenvalue weighted by molar-refractivity contribution is 0.286. The van der Waals surface area contributed by atoms with Crippen LogP contribution < -0.4 is 14.8 Å². The molecule has 1 N–H and O–H groups in total. The third kappa shape index (κ3) is 3.90. The molecule has 1 heterocycles. The van der Waals surface area contributed by atoms with Crippen LogP contribution in [0.1, 0.15) is 36.6 Å². The minimum atomic E-state index is 0. The van der Waals surface area contributed by atoms with Crippen LogP contribution >= 0.6 is 12.4 Å². The van der Waals surface area contributed by atoms with E-state index in [2.05, 4.69) is 59.9 Å². The van der Waals surface area contributed by atoms with Gasteiger partial charge in [-0.15, -0.1) is 12.4 Å². The second-order valence-corrected chi connectivity index (χ2v) is 6.61. The van der Waals surface area contributed by atoms with Crippen LogP contribution in [-0.4, -0.2) is 19.8 Å². The molecule has 4 rings (SSSR count). The van der Waals surface area contributed by atoms with Gasteiger partial charge in [0.1, 0.15) is 0 Å². The first-order chi connectivity index (χ1) is 12.8. The Morgan fingerprint density at radius 2 is 1.59 bits per heavy atom. The maximum absolute atomic E-state index is 5.86. The monoisotopic (exact) mass is 383 g/mol. The van der Waals surface area contributed by atoms with Crippen molar-refractivity contribution in [3.63, 3.8) is 0 Å². The van der Waals surface area contributed by atoms with Crippen LogP contribution in [-0.2, 0) is 6.42 Å². The lowest BCUT2D eigenvalue weighted by Crippen LogP contribution is -2.30. The van der Waals surface area contributed by atoms with E-state index in [1.54, 1.807) is 0 Å². The van der Waals surface area contributed by atoms with E-state index in [0.29, 0.717) is 13.2 Å². The highest BCUT2D eigenvalue weighted by atomic mass is 35.5. The molecule has 142 valence electrons. The van der Waals surface area contributed by atoms with Gasteiger partial charge in [-0.2, -0.15) is 0 Å². The zero-order valence-corrected chi connectivity index (χ0v) is 16.6. The van der Waals surface area contributed by atoms with Crippen molar-refractivity contribution < 1.29 is 9.47 Å². The number of nitrogens with one attached hydrogen (secondary N) is 1. The van der Waals surface area contributed by atoms with Gasteiger partial charge < -0.3 is 14.8 Å². The molecular weight excluding hydrogens is 358 g/mol. The number of halogens is 1. The fourth-order valence-corrected chi connectivity index (χ4v) is 3.79. The highest BCUT2D eigenvalue weighted by Crippen LogP contribution is 2.38. The third-order valence-electron chi connectivity index (χ3n) is 4.97. The topological polar surface area (TPSA) is 30.5 Å². The second kappa shape index (κ2) is 8.64. The summed E-state index contributed by atoms with van der Waals surface area (Å²) in [4.78, 5) is 0. The van der Waals surface area contributed by atoms with E-state index in [1.165, 1.54) is 27.5 Å². The number of fused-ring (bicyclic) bond motifs is 2. The number of ether oxygens (including phenoxy) is 2. The molecule has 4 heteroatoms. The van der Waals surface area contributed by atoms with Gasteiger partial charge in [0.15, 0.2) is 11.5 Å². The van der Waals surface area contributed by atoms with Crippen molar-refractivity contribution in [1.29, 1.82) is 0 Å². The molecule has 0 radical (unpaired) electrons. The Kier molecular flexibility index (Phi) is 6.25. The quantitative estimate of drug-likeness (QED) is 0.649. The molecule has 0 fully saturated rings. The van der Waals surface area contributed by atoms with Crippen molar-refractivity contribution in [2.45, 2.75) is 26.3 Å². The molecular formula is C23H26ClNO2. The van der Waals surface area contributed by atoms with Crippen LogP contribution in [0.15, 0.2) is 54.6 Å². The van der Waals surface area contributed by atoms with E-state index in [4.69, 9.17) is 9.47 Å². The fourth-order valence-electron chi connectivity index (χ4n) is 3.79. The summed E-state index contributed by atoms with van der Waals surface area (Å²) >= 11 is 0. The van der Waals surface area contributed by atoms with Crippen LogP contribution in [0, 0.1) is 0 Å². The zero-order valence-electron chi connectivity index (χ0n) is 15.8. The van der Waals surface area contributed by atoms with Gasteiger partial charge in [0, 0.05) is 6.54 Å².